The third-order valence-corrected chi connectivity index (χ3v) is 8.56. The number of aromatic nitrogens is 1. The molecule has 0 spiro atoms. The molecule has 0 unspecified atom stereocenters. The number of para-hydroxylation sites is 1. The van der Waals surface area contributed by atoms with Crippen molar-refractivity contribution in [3.63, 3.8) is 0 Å². The van der Waals surface area contributed by atoms with Crippen LogP contribution < -0.4 is 14.8 Å². The monoisotopic (exact) mass is 495 g/mol. The number of hydrogen-bond acceptors (Lipinski definition) is 5. The summed E-state index contributed by atoms with van der Waals surface area (Å²) in [5, 5.41) is 5.33. The van der Waals surface area contributed by atoms with Crippen molar-refractivity contribution < 1.29 is 19.1 Å². The molecular formula is C27H33N3O4S. The third kappa shape index (κ3) is 4.07. The molecule has 3 aromatic rings. The fraction of sp³-hybridized carbons (Fsp3) is 0.481. The molecule has 0 bridgehead atoms. The fourth-order valence-electron chi connectivity index (χ4n) is 5.51. The van der Waals surface area contributed by atoms with Gasteiger partial charge in [-0.25, -0.2) is 0 Å². The van der Waals surface area contributed by atoms with Crippen LogP contribution in [-0.2, 0) is 17.9 Å². The highest BCUT2D eigenvalue weighted by molar-refractivity contribution is 7.17. The maximum atomic E-state index is 14.0. The molecule has 1 N–H and O–H groups in total. The first-order valence-corrected chi connectivity index (χ1v) is 13.1. The predicted octanol–water partition coefficient (Wildman–Crippen LogP) is 4.83. The zero-order chi connectivity index (χ0) is 24.7. The molecule has 7 nitrogen and oxygen atoms in total. The molecule has 5 rings (SSSR count). The number of rotatable bonds is 6. The first-order chi connectivity index (χ1) is 16.9. The molecule has 8 heteroatoms. The molecule has 1 aliphatic carbocycles. The predicted molar refractivity (Wildman–Crippen MR) is 137 cm³/mol. The van der Waals surface area contributed by atoms with Crippen LogP contribution in [0.1, 0.15) is 55.6 Å². The smallest absolute Gasteiger partial charge is 0.271 e. The lowest BCUT2D eigenvalue weighted by molar-refractivity contribution is -0.134. The largest absolute Gasteiger partial charge is 0.493 e. The SMILES string of the molecule is COc1cccc(CN2C(=O)c3cc4sccc4n3C[C@@]2(C)C(=O)NC2CCC(C)CC2)c1OC. The second-order valence-electron chi connectivity index (χ2n) is 10.0. The van der Waals surface area contributed by atoms with Gasteiger partial charge in [-0.15, -0.1) is 11.3 Å². The number of nitrogens with one attached hydrogen (secondary N) is 1. The van der Waals surface area contributed by atoms with Crippen molar-refractivity contribution in [1.82, 2.24) is 14.8 Å². The summed E-state index contributed by atoms with van der Waals surface area (Å²) in [6.07, 6.45) is 4.18. The highest BCUT2D eigenvalue weighted by Gasteiger charge is 2.48. The number of benzene rings is 1. The number of nitrogens with zero attached hydrogens (tertiary/aromatic N) is 2. The summed E-state index contributed by atoms with van der Waals surface area (Å²) in [6.45, 7) is 4.79. The Bertz CT molecular complexity index is 1260. The van der Waals surface area contributed by atoms with E-state index in [4.69, 9.17) is 9.47 Å². The quantitative estimate of drug-likeness (QED) is 0.532. The lowest BCUT2D eigenvalue weighted by Gasteiger charge is -2.45. The summed E-state index contributed by atoms with van der Waals surface area (Å²) in [6, 6.07) is 9.74. The van der Waals surface area contributed by atoms with Gasteiger partial charge in [-0.1, -0.05) is 19.1 Å². The van der Waals surface area contributed by atoms with Crippen molar-refractivity contribution >= 4 is 33.4 Å². The molecule has 0 radical (unpaired) electrons. The van der Waals surface area contributed by atoms with Crippen LogP contribution in [0, 0.1) is 5.92 Å². The van der Waals surface area contributed by atoms with Gasteiger partial charge in [0.15, 0.2) is 11.5 Å². The Hall–Kier alpha value is -3.00. The first-order valence-electron chi connectivity index (χ1n) is 12.2. The number of hydrogen-bond donors (Lipinski definition) is 1. The van der Waals surface area contributed by atoms with E-state index in [-0.39, 0.29) is 24.4 Å². The van der Waals surface area contributed by atoms with E-state index in [1.54, 1.807) is 30.5 Å². The van der Waals surface area contributed by atoms with Crippen molar-refractivity contribution in [2.75, 3.05) is 14.2 Å². The number of fused-ring (bicyclic) bond motifs is 3. The molecule has 1 aromatic carbocycles. The highest BCUT2D eigenvalue weighted by atomic mass is 32.1. The van der Waals surface area contributed by atoms with Crippen LogP contribution >= 0.6 is 11.3 Å². The molecule has 0 saturated heterocycles. The maximum Gasteiger partial charge on any atom is 0.271 e. The van der Waals surface area contributed by atoms with E-state index in [2.05, 4.69) is 12.2 Å². The van der Waals surface area contributed by atoms with Gasteiger partial charge in [0.25, 0.3) is 5.91 Å². The van der Waals surface area contributed by atoms with E-state index in [1.165, 1.54) is 0 Å². The lowest BCUT2D eigenvalue weighted by atomic mass is 9.86. The van der Waals surface area contributed by atoms with Gasteiger partial charge in [0, 0.05) is 11.6 Å². The van der Waals surface area contributed by atoms with E-state index in [0.29, 0.717) is 29.7 Å². The van der Waals surface area contributed by atoms with Crippen LogP contribution in [-0.4, -0.2) is 47.1 Å². The normalized spacial score (nSPS) is 24.3. The van der Waals surface area contributed by atoms with Crippen LogP contribution in [0.2, 0.25) is 0 Å². The number of methoxy groups -OCH3 is 2. The molecule has 2 amide bonds. The molecular weight excluding hydrogens is 462 g/mol. The summed E-state index contributed by atoms with van der Waals surface area (Å²) in [4.78, 5) is 29.6. The second kappa shape index (κ2) is 9.22. The summed E-state index contributed by atoms with van der Waals surface area (Å²) < 4.78 is 14.2. The van der Waals surface area contributed by atoms with E-state index < -0.39 is 5.54 Å². The first kappa shape index (κ1) is 23.7. The van der Waals surface area contributed by atoms with Gasteiger partial charge in [0.2, 0.25) is 5.91 Å². The number of carbonyl (C=O) groups is 2. The third-order valence-electron chi connectivity index (χ3n) is 7.70. The van der Waals surface area contributed by atoms with Gasteiger partial charge in [0.1, 0.15) is 11.2 Å². The van der Waals surface area contributed by atoms with Gasteiger partial charge in [-0.3, -0.25) is 9.59 Å². The van der Waals surface area contributed by atoms with Gasteiger partial charge in [0.05, 0.1) is 37.5 Å². The van der Waals surface area contributed by atoms with Crippen LogP contribution in [0.4, 0.5) is 0 Å². The standard InChI is InChI=1S/C27H33N3O4S/c1-17-8-10-19(11-9-17)28-26(32)27(2)16-29-20-12-13-35-23(20)14-21(29)25(31)30(27)15-18-6-5-7-22(33-3)24(18)34-4/h5-7,12-14,17,19H,8-11,15-16H2,1-4H3,(H,28,32)/t17?,19?,27-/m0/s1. The maximum absolute atomic E-state index is 14.0. The Balaban J connectivity index is 1.54. The molecule has 1 saturated carbocycles. The Kier molecular flexibility index (Phi) is 6.25. The Morgan fingerprint density at radius 1 is 1.17 bits per heavy atom. The van der Waals surface area contributed by atoms with Crippen molar-refractivity contribution in [2.45, 2.75) is 64.2 Å². The molecule has 186 valence electrons. The van der Waals surface area contributed by atoms with Gasteiger partial charge in [-0.05, 0) is 62.1 Å². The minimum absolute atomic E-state index is 0.102. The molecule has 1 atom stereocenters. The fourth-order valence-corrected chi connectivity index (χ4v) is 6.34. The number of amides is 2. The summed E-state index contributed by atoms with van der Waals surface area (Å²) in [7, 11) is 3.19. The van der Waals surface area contributed by atoms with Gasteiger partial charge in [-0.2, -0.15) is 0 Å². The molecule has 3 heterocycles. The van der Waals surface area contributed by atoms with E-state index >= 15 is 0 Å². The van der Waals surface area contributed by atoms with Gasteiger partial charge >= 0.3 is 0 Å². The van der Waals surface area contributed by atoms with E-state index in [9.17, 15) is 9.59 Å². The second-order valence-corrected chi connectivity index (χ2v) is 11.0. The molecule has 35 heavy (non-hydrogen) atoms. The molecule has 2 aromatic heterocycles. The average Bonchev–Trinajstić information content (AvgIpc) is 3.45. The van der Waals surface area contributed by atoms with E-state index in [1.807, 2.05) is 47.2 Å². The van der Waals surface area contributed by atoms with Crippen molar-refractivity contribution in [2.24, 2.45) is 5.92 Å². The van der Waals surface area contributed by atoms with Gasteiger partial charge < -0.3 is 24.3 Å². The highest BCUT2D eigenvalue weighted by Crippen LogP contribution is 2.38. The van der Waals surface area contributed by atoms with Crippen molar-refractivity contribution in [3.8, 4) is 11.5 Å². The number of ether oxygens (including phenoxy) is 2. The Morgan fingerprint density at radius 2 is 1.94 bits per heavy atom. The van der Waals surface area contributed by atoms with Crippen LogP contribution in [0.3, 0.4) is 0 Å². The van der Waals surface area contributed by atoms with Crippen LogP contribution in [0.15, 0.2) is 35.7 Å². The Labute approximate surface area is 210 Å². The van der Waals surface area contributed by atoms with E-state index in [0.717, 1.165) is 41.5 Å². The molecule has 1 aliphatic heterocycles. The zero-order valence-electron chi connectivity index (χ0n) is 20.8. The molecule has 1 fully saturated rings. The van der Waals surface area contributed by atoms with Crippen molar-refractivity contribution in [1.29, 1.82) is 0 Å². The summed E-state index contributed by atoms with van der Waals surface area (Å²) in [5.74, 6) is 1.62. The lowest BCUT2D eigenvalue weighted by Crippen LogP contribution is -2.64. The number of thiophene rings is 1. The minimum Gasteiger partial charge on any atom is -0.493 e. The van der Waals surface area contributed by atoms with Crippen molar-refractivity contribution in [3.05, 3.63) is 47.0 Å². The number of carbonyl (C=O) groups excluding carboxylic acids is 2. The molecule has 2 aliphatic rings. The zero-order valence-corrected chi connectivity index (χ0v) is 21.6. The summed E-state index contributed by atoms with van der Waals surface area (Å²) >= 11 is 1.61. The van der Waals surface area contributed by atoms with Crippen LogP contribution in [0.25, 0.3) is 10.2 Å². The van der Waals surface area contributed by atoms with Crippen LogP contribution in [0.5, 0.6) is 11.5 Å². The Morgan fingerprint density at radius 3 is 2.66 bits per heavy atom. The summed E-state index contributed by atoms with van der Waals surface area (Å²) in [5.41, 5.74) is 1.36. The average molecular weight is 496 g/mol. The topological polar surface area (TPSA) is 72.8 Å². The minimum atomic E-state index is -1.06.